The standard InChI is InChI=1S/C14H17N3O2/c1-9-6-10(15)8-16-14(9)17-12-5-4-11(18-2)7-13(12)19-3/h4-8H,15H2,1-3H3,(H,16,17). The van der Waals surface area contributed by atoms with Gasteiger partial charge in [0.25, 0.3) is 0 Å². The van der Waals surface area contributed by atoms with Crippen LogP contribution in [-0.4, -0.2) is 19.2 Å². The Morgan fingerprint density at radius 3 is 2.58 bits per heavy atom. The van der Waals surface area contributed by atoms with Gasteiger partial charge in [0.2, 0.25) is 0 Å². The van der Waals surface area contributed by atoms with Crippen molar-refractivity contribution in [2.75, 3.05) is 25.3 Å². The summed E-state index contributed by atoms with van der Waals surface area (Å²) in [7, 11) is 3.23. The van der Waals surface area contributed by atoms with Gasteiger partial charge in [-0.15, -0.1) is 0 Å². The van der Waals surface area contributed by atoms with E-state index in [4.69, 9.17) is 15.2 Å². The zero-order valence-electron chi connectivity index (χ0n) is 11.2. The molecule has 2 rings (SSSR count). The van der Waals surface area contributed by atoms with Crippen LogP contribution in [0.4, 0.5) is 17.2 Å². The van der Waals surface area contributed by atoms with Crippen molar-refractivity contribution in [2.45, 2.75) is 6.92 Å². The van der Waals surface area contributed by atoms with Crippen LogP contribution in [-0.2, 0) is 0 Å². The number of ether oxygens (including phenoxy) is 2. The second-order valence-corrected chi connectivity index (χ2v) is 4.13. The quantitative estimate of drug-likeness (QED) is 0.883. The second-order valence-electron chi connectivity index (χ2n) is 4.13. The molecule has 3 N–H and O–H groups in total. The smallest absolute Gasteiger partial charge is 0.146 e. The van der Waals surface area contributed by atoms with Crippen molar-refractivity contribution in [3.8, 4) is 11.5 Å². The molecule has 0 saturated carbocycles. The summed E-state index contributed by atoms with van der Waals surface area (Å²) in [5.74, 6) is 2.18. The molecule has 0 amide bonds. The van der Waals surface area contributed by atoms with Crippen LogP contribution in [0.15, 0.2) is 30.5 Å². The van der Waals surface area contributed by atoms with E-state index < -0.39 is 0 Å². The summed E-state index contributed by atoms with van der Waals surface area (Å²) in [4.78, 5) is 4.27. The summed E-state index contributed by atoms with van der Waals surface area (Å²) in [6.45, 7) is 1.95. The lowest BCUT2D eigenvalue weighted by molar-refractivity contribution is 0.395. The lowest BCUT2D eigenvalue weighted by atomic mass is 10.2. The number of hydrogen-bond donors (Lipinski definition) is 2. The van der Waals surface area contributed by atoms with Gasteiger partial charge in [0.05, 0.1) is 31.8 Å². The van der Waals surface area contributed by atoms with E-state index in [0.717, 1.165) is 22.8 Å². The van der Waals surface area contributed by atoms with Crippen molar-refractivity contribution in [1.82, 2.24) is 4.98 Å². The molecule has 0 unspecified atom stereocenters. The zero-order valence-corrected chi connectivity index (χ0v) is 11.2. The minimum atomic E-state index is 0.643. The van der Waals surface area contributed by atoms with Crippen LogP contribution in [0.25, 0.3) is 0 Å². The zero-order chi connectivity index (χ0) is 13.8. The molecule has 0 spiro atoms. The van der Waals surface area contributed by atoms with E-state index in [1.165, 1.54) is 0 Å². The van der Waals surface area contributed by atoms with Crippen molar-refractivity contribution in [3.05, 3.63) is 36.0 Å². The third kappa shape index (κ3) is 2.88. The average molecular weight is 259 g/mol. The van der Waals surface area contributed by atoms with Gasteiger partial charge in [0.1, 0.15) is 17.3 Å². The molecule has 0 aliphatic carbocycles. The number of pyridine rings is 1. The topological polar surface area (TPSA) is 69.4 Å². The molecular weight excluding hydrogens is 242 g/mol. The van der Waals surface area contributed by atoms with E-state index in [9.17, 15) is 0 Å². The van der Waals surface area contributed by atoms with Crippen LogP contribution in [0.3, 0.4) is 0 Å². The monoisotopic (exact) mass is 259 g/mol. The number of aromatic nitrogens is 1. The molecule has 19 heavy (non-hydrogen) atoms. The van der Waals surface area contributed by atoms with Gasteiger partial charge in [-0.25, -0.2) is 4.98 Å². The summed E-state index contributed by atoms with van der Waals surface area (Å²) < 4.78 is 10.5. The van der Waals surface area contributed by atoms with Gasteiger partial charge in [-0.2, -0.15) is 0 Å². The van der Waals surface area contributed by atoms with Crippen molar-refractivity contribution in [3.63, 3.8) is 0 Å². The summed E-state index contributed by atoms with van der Waals surface area (Å²) in [6.07, 6.45) is 1.62. The predicted molar refractivity (Wildman–Crippen MR) is 76.2 cm³/mol. The Kier molecular flexibility index (Phi) is 3.75. The minimum Gasteiger partial charge on any atom is -0.497 e. The Morgan fingerprint density at radius 2 is 1.95 bits per heavy atom. The molecule has 0 saturated heterocycles. The van der Waals surface area contributed by atoms with Gasteiger partial charge in [-0.3, -0.25) is 0 Å². The maximum atomic E-state index is 5.68. The highest BCUT2D eigenvalue weighted by atomic mass is 16.5. The van der Waals surface area contributed by atoms with Crippen LogP contribution in [0.1, 0.15) is 5.56 Å². The van der Waals surface area contributed by atoms with E-state index in [0.29, 0.717) is 11.4 Å². The number of nitrogens with one attached hydrogen (secondary N) is 1. The van der Waals surface area contributed by atoms with Gasteiger partial charge in [-0.05, 0) is 30.7 Å². The molecule has 2 aromatic rings. The van der Waals surface area contributed by atoms with E-state index >= 15 is 0 Å². The first-order valence-electron chi connectivity index (χ1n) is 5.85. The molecule has 0 aliphatic heterocycles. The predicted octanol–water partition coefficient (Wildman–Crippen LogP) is 2.73. The van der Waals surface area contributed by atoms with Crippen LogP contribution >= 0.6 is 0 Å². The number of methoxy groups -OCH3 is 2. The number of nitrogens with zero attached hydrogens (tertiary/aromatic N) is 1. The lowest BCUT2D eigenvalue weighted by Crippen LogP contribution is -2.00. The average Bonchev–Trinajstić information content (AvgIpc) is 2.42. The summed E-state index contributed by atoms with van der Waals surface area (Å²) >= 11 is 0. The van der Waals surface area contributed by atoms with Gasteiger partial charge in [-0.1, -0.05) is 0 Å². The first-order valence-corrected chi connectivity index (χ1v) is 5.85. The Morgan fingerprint density at radius 1 is 1.16 bits per heavy atom. The van der Waals surface area contributed by atoms with Crippen LogP contribution in [0.2, 0.25) is 0 Å². The van der Waals surface area contributed by atoms with Crippen molar-refractivity contribution >= 4 is 17.2 Å². The highest BCUT2D eigenvalue weighted by Crippen LogP contribution is 2.31. The van der Waals surface area contributed by atoms with Crippen LogP contribution in [0.5, 0.6) is 11.5 Å². The van der Waals surface area contributed by atoms with Crippen molar-refractivity contribution in [2.24, 2.45) is 0 Å². The van der Waals surface area contributed by atoms with Gasteiger partial charge in [0.15, 0.2) is 0 Å². The fraction of sp³-hybridized carbons (Fsp3) is 0.214. The van der Waals surface area contributed by atoms with Crippen LogP contribution in [0, 0.1) is 6.92 Å². The molecule has 1 aromatic heterocycles. The number of hydrogen-bond acceptors (Lipinski definition) is 5. The molecule has 0 aliphatic rings. The van der Waals surface area contributed by atoms with Crippen molar-refractivity contribution in [1.29, 1.82) is 0 Å². The molecule has 0 fully saturated rings. The number of benzene rings is 1. The number of nitrogen functional groups attached to an aromatic ring is 1. The maximum Gasteiger partial charge on any atom is 0.146 e. The summed E-state index contributed by atoms with van der Waals surface area (Å²) in [5, 5.41) is 3.22. The molecule has 0 radical (unpaired) electrons. The molecule has 100 valence electrons. The molecule has 1 heterocycles. The Bertz CT molecular complexity index is 585. The van der Waals surface area contributed by atoms with E-state index in [-0.39, 0.29) is 0 Å². The SMILES string of the molecule is COc1ccc(Nc2ncc(N)cc2C)c(OC)c1. The number of rotatable bonds is 4. The van der Waals surface area contributed by atoms with Gasteiger partial charge in [0, 0.05) is 6.07 Å². The second kappa shape index (κ2) is 5.48. The van der Waals surface area contributed by atoms with Crippen LogP contribution < -0.4 is 20.5 Å². The van der Waals surface area contributed by atoms with E-state index in [2.05, 4.69) is 10.3 Å². The molecule has 5 heteroatoms. The molecule has 5 nitrogen and oxygen atoms in total. The third-order valence-electron chi connectivity index (χ3n) is 2.76. The minimum absolute atomic E-state index is 0.643. The fourth-order valence-electron chi connectivity index (χ4n) is 1.76. The first-order chi connectivity index (χ1) is 9.13. The van der Waals surface area contributed by atoms with Crippen molar-refractivity contribution < 1.29 is 9.47 Å². The van der Waals surface area contributed by atoms with E-state index in [1.807, 2.05) is 31.2 Å². The fourth-order valence-corrected chi connectivity index (χ4v) is 1.76. The van der Waals surface area contributed by atoms with Gasteiger partial charge < -0.3 is 20.5 Å². The molecule has 0 atom stereocenters. The highest BCUT2D eigenvalue weighted by molar-refractivity contribution is 5.68. The summed E-state index contributed by atoms with van der Waals surface area (Å²) in [5.41, 5.74) is 8.12. The largest absolute Gasteiger partial charge is 0.497 e. The Hall–Kier alpha value is -2.43. The molecule has 1 aromatic carbocycles. The number of nitrogens with two attached hydrogens (primary N) is 1. The Labute approximate surface area is 112 Å². The molecular formula is C14H17N3O2. The lowest BCUT2D eigenvalue weighted by Gasteiger charge is -2.13. The van der Waals surface area contributed by atoms with Gasteiger partial charge >= 0.3 is 0 Å². The summed E-state index contributed by atoms with van der Waals surface area (Å²) in [6, 6.07) is 7.42. The van der Waals surface area contributed by atoms with E-state index in [1.54, 1.807) is 20.4 Å². The third-order valence-corrected chi connectivity index (χ3v) is 2.76. The number of aryl methyl sites for hydroxylation is 1. The highest BCUT2D eigenvalue weighted by Gasteiger charge is 2.07. The molecule has 0 bridgehead atoms. The first kappa shape index (κ1) is 13.0. The normalized spacial score (nSPS) is 10.1. The number of anilines is 3. The Balaban J connectivity index is 2.32. The maximum absolute atomic E-state index is 5.68.